The van der Waals surface area contributed by atoms with Gasteiger partial charge in [0.15, 0.2) is 0 Å². The van der Waals surface area contributed by atoms with E-state index in [-0.39, 0.29) is 12.5 Å². The molecule has 0 fully saturated rings. The van der Waals surface area contributed by atoms with E-state index in [9.17, 15) is 18.0 Å². The first-order chi connectivity index (χ1) is 16.0. The van der Waals surface area contributed by atoms with E-state index in [0.717, 1.165) is 23.4 Å². The fourth-order valence-electron chi connectivity index (χ4n) is 3.39. The number of carbonyl (C=O) groups is 2. The van der Waals surface area contributed by atoms with Crippen molar-refractivity contribution in [3.63, 3.8) is 0 Å². The first kappa shape index (κ1) is 28.0. The second kappa shape index (κ2) is 12.4. The van der Waals surface area contributed by atoms with Crippen LogP contribution in [-0.4, -0.2) is 50.5 Å². The highest BCUT2D eigenvalue weighted by Gasteiger charge is 2.30. The maximum Gasteiger partial charge on any atom is 0.244 e. The number of rotatable bonds is 11. The molecule has 0 aromatic heterocycles. The van der Waals surface area contributed by atoms with Gasteiger partial charge in [0.2, 0.25) is 21.8 Å². The Hall–Kier alpha value is -2.29. The van der Waals surface area contributed by atoms with Crippen molar-refractivity contribution in [1.29, 1.82) is 0 Å². The summed E-state index contributed by atoms with van der Waals surface area (Å²) in [7, 11) is -3.77. The number of para-hydroxylation sites is 1. The van der Waals surface area contributed by atoms with Gasteiger partial charge < -0.3 is 10.2 Å². The Kier molecular flexibility index (Phi) is 10.2. The van der Waals surface area contributed by atoms with Gasteiger partial charge >= 0.3 is 0 Å². The van der Waals surface area contributed by atoms with E-state index in [1.54, 1.807) is 56.3 Å². The number of sulfonamides is 1. The number of unbranched alkanes of at least 4 members (excludes halogenated alkanes) is 1. The van der Waals surface area contributed by atoms with Gasteiger partial charge in [-0.05, 0) is 49.6 Å². The van der Waals surface area contributed by atoms with Crippen molar-refractivity contribution in [3.05, 3.63) is 63.6 Å². The molecule has 7 nitrogen and oxygen atoms in total. The van der Waals surface area contributed by atoms with E-state index >= 15 is 0 Å². The summed E-state index contributed by atoms with van der Waals surface area (Å²) in [5, 5.41) is 3.53. The zero-order valence-electron chi connectivity index (χ0n) is 19.8. The Morgan fingerprint density at radius 1 is 1.09 bits per heavy atom. The molecule has 0 bridgehead atoms. The van der Waals surface area contributed by atoms with Crippen molar-refractivity contribution < 1.29 is 18.0 Å². The van der Waals surface area contributed by atoms with Gasteiger partial charge in [0.1, 0.15) is 12.6 Å². The van der Waals surface area contributed by atoms with Gasteiger partial charge in [-0.2, -0.15) is 0 Å². The standard InChI is InChI=1S/C24H31Cl2N3O4S/c1-5-6-13-27-24(31)18(3)28(15-19-11-12-20(25)21(26)14-19)23(30)16-29(34(4,32)33)22-10-8-7-9-17(22)2/h7-12,14,18H,5-6,13,15-16H2,1-4H3,(H,27,31). The summed E-state index contributed by atoms with van der Waals surface area (Å²) >= 11 is 12.2. The van der Waals surface area contributed by atoms with Gasteiger partial charge in [-0.1, -0.05) is 60.8 Å². The summed E-state index contributed by atoms with van der Waals surface area (Å²) in [4.78, 5) is 27.7. The van der Waals surface area contributed by atoms with E-state index in [0.29, 0.717) is 33.4 Å². The molecule has 2 aromatic carbocycles. The highest BCUT2D eigenvalue weighted by Crippen LogP contribution is 2.25. The highest BCUT2D eigenvalue weighted by atomic mass is 35.5. The third-order valence-electron chi connectivity index (χ3n) is 5.40. The van der Waals surface area contributed by atoms with Crippen LogP contribution in [0, 0.1) is 6.92 Å². The summed E-state index contributed by atoms with van der Waals surface area (Å²) in [6.07, 6.45) is 2.78. The maximum absolute atomic E-state index is 13.5. The number of nitrogens with zero attached hydrogens (tertiary/aromatic N) is 2. The summed E-state index contributed by atoms with van der Waals surface area (Å²) < 4.78 is 26.3. The summed E-state index contributed by atoms with van der Waals surface area (Å²) in [5.41, 5.74) is 1.78. The molecule has 2 rings (SSSR count). The summed E-state index contributed by atoms with van der Waals surface area (Å²) in [6, 6.07) is 11.0. The molecule has 186 valence electrons. The average molecular weight is 529 g/mol. The molecule has 10 heteroatoms. The Bertz CT molecular complexity index is 1120. The van der Waals surface area contributed by atoms with Crippen LogP contribution >= 0.6 is 23.2 Å². The molecule has 0 saturated carbocycles. The van der Waals surface area contributed by atoms with Crippen molar-refractivity contribution in [2.45, 2.75) is 46.2 Å². The fourth-order valence-corrected chi connectivity index (χ4v) is 4.62. The van der Waals surface area contributed by atoms with E-state index in [1.807, 2.05) is 6.92 Å². The van der Waals surface area contributed by atoms with Crippen molar-refractivity contribution in [2.24, 2.45) is 0 Å². The van der Waals surface area contributed by atoms with E-state index in [4.69, 9.17) is 23.2 Å². The van der Waals surface area contributed by atoms with Crippen molar-refractivity contribution in [2.75, 3.05) is 23.7 Å². The number of nitrogens with one attached hydrogen (secondary N) is 1. The molecule has 1 N–H and O–H groups in total. The Labute approximate surface area is 212 Å². The topological polar surface area (TPSA) is 86.8 Å². The smallest absolute Gasteiger partial charge is 0.244 e. The molecule has 0 aliphatic heterocycles. The first-order valence-electron chi connectivity index (χ1n) is 11.0. The molecule has 0 aliphatic rings. The molecule has 0 heterocycles. The van der Waals surface area contributed by atoms with Crippen molar-refractivity contribution in [3.8, 4) is 0 Å². The third-order valence-corrected chi connectivity index (χ3v) is 7.26. The lowest BCUT2D eigenvalue weighted by Gasteiger charge is -2.32. The molecular weight excluding hydrogens is 497 g/mol. The van der Waals surface area contributed by atoms with Crippen LogP contribution in [0.4, 0.5) is 5.69 Å². The van der Waals surface area contributed by atoms with Gasteiger partial charge in [-0.3, -0.25) is 13.9 Å². The molecule has 1 unspecified atom stereocenters. The molecular formula is C24H31Cl2N3O4S. The lowest BCUT2D eigenvalue weighted by Crippen LogP contribution is -2.51. The predicted octanol–water partition coefficient (Wildman–Crippen LogP) is 4.40. The number of anilines is 1. The molecule has 1 atom stereocenters. The molecule has 34 heavy (non-hydrogen) atoms. The predicted molar refractivity (Wildman–Crippen MR) is 138 cm³/mol. The Morgan fingerprint density at radius 3 is 2.35 bits per heavy atom. The quantitative estimate of drug-likeness (QED) is 0.438. The maximum atomic E-state index is 13.5. The third kappa shape index (κ3) is 7.61. The van der Waals surface area contributed by atoms with Gasteiger partial charge in [-0.15, -0.1) is 0 Å². The second-order valence-electron chi connectivity index (χ2n) is 8.15. The van der Waals surface area contributed by atoms with E-state index in [2.05, 4.69) is 5.32 Å². The monoisotopic (exact) mass is 527 g/mol. The van der Waals surface area contributed by atoms with Gasteiger partial charge in [0, 0.05) is 13.1 Å². The van der Waals surface area contributed by atoms with Crippen LogP contribution in [0.15, 0.2) is 42.5 Å². The average Bonchev–Trinajstić information content (AvgIpc) is 2.77. The number of halogens is 2. The Balaban J connectivity index is 2.38. The molecule has 2 aromatic rings. The summed E-state index contributed by atoms with van der Waals surface area (Å²) in [5.74, 6) is -0.832. The van der Waals surface area contributed by atoms with Crippen LogP contribution < -0.4 is 9.62 Å². The van der Waals surface area contributed by atoms with Crippen LogP contribution in [0.5, 0.6) is 0 Å². The second-order valence-corrected chi connectivity index (χ2v) is 10.9. The minimum atomic E-state index is -3.77. The zero-order valence-corrected chi connectivity index (χ0v) is 22.2. The largest absolute Gasteiger partial charge is 0.354 e. The van der Waals surface area contributed by atoms with Crippen LogP contribution in [0.3, 0.4) is 0 Å². The van der Waals surface area contributed by atoms with Crippen molar-refractivity contribution >= 4 is 50.7 Å². The molecule has 0 aliphatic carbocycles. The number of aryl methyl sites for hydroxylation is 1. The molecule has 0 saturated heterocycles. The SMILES string of the molecule is CCCCNC(=O)C(C)N(Cc1ccc(Cl)c(Cl)c1)C(=O)CN(c1ccccc1C)S(C)(=O)=O. The first-order valence-corrected chi connectivity index (χ1v) is 13.6. The van der Waals surface area contributed by atoms with E-state index in [1.165, 1.54) is 4.90 Å². The molecule has 0 radical (unpaired) electrons. The van der Waals surface area contributed by atoms with Crippen LogP contribution in [0.1, 0.15) is 37.8 Å². The van der Waals surface area contributed by atoms with Gasteiger partial charge in [0.05, 0.1) is 22.0 Å². The highest BCUT2D eigenvalue weighted by molar-refractivity contribution is 7.92. The zero-order chi connectivity index (χ0) is 25.5. The Morgan fingerprint density at radius 2 is 1.76 bits per heavy atom. The summed E-state index contributed by atoms with van der Waals surface area (Å²) in [6.45, 7) is 5.51. The molecule has 2 amide bonds. The van der Waals surface area contributed by atoms with E-state index < -0.39 is 28.5 Å². The van der Waals surface area contributed by atoms with Crippen LogP contribution in [-0.2, 0) is 26.2 Å². The fraction of sp³-hybridized carbons (Fsp3) is 0.417. The number of benzene rings is 2. The van der Waals surface area contributed by atoms with Gasteiger partial charge in [0.25, 0.3) is 0 Å². The number of hydrogen-bond acceptors (Lipinski definition) is 4. The lowest BCUT2D eigenvalue weighted by molar-refractivity contribution is -0.139. The number of carbonyl (C=O) groups excluding carboxylic acids is 2. The number of hydrogen-bond donors (Lipinski definition) is 1. The van der Waals surface area contributed by atoms with Crippen LogP contribution in [0.25, 0.3) is 0 Å². The lowest BCUT2D eigenvalue weighted by atomic mass is 10.1. The minimum Gasteiger partial charge on any atom is -0.354 e. The van der Waals surface area contributed by atoms with Gasteiger partial charge in [-0.25, -0.2) is 8.42 Å². The normalized spacial score (nSPS) is 12.2. The number of amides is 2. The molecule has 0 spiro atoms. The van der Waals surface area contributed by atoms with Crippen molar-refractivity contribution in [1.82, 2.24) is 10.2 Å². The van der Waals surface area contributed by atoms with Crippen LogP contribution in [0.2, 0.25) is 10.0 Å². The minimum absolute atomic E-state index is 0.0590.